The molecule has 0 aliphatic carbocycles. The predicted molar refractivity (Wildman–Crippen MR) is 71.6 cm³/mol. The molecule has 0 saturated heterocycles. The molecule has 6 nitrogen and oxygen atoms in total. The van der Waals surface area contributed by atoms with Gasteiger partial charge >= 0.3 is 0 Å². The Labute approximate surface area is 112 Å². The summed E-state index contributed by atoms with van der Waals surface area (Å²) < 4.78 is 12.7. The van der Waals surface area contributed by atoms with E-state index in [2.05, 4.69) is 15.5 Å². The number of nitrogens with two attached hydrogens (primary N) is 1. The van der Waals surface area contributed by atoms with Gasteiger partial charge in [-0.1, -0.05) is 17.7 Å². The van der Waals surface area contributed by atoms with Crippen LogP contribution in [0.4, 0.5) is 5.69 Å². The predicted octanol–water partition coefficient (Wildman–Crippen LogP) is 0.954. The van der Waals surface area contributed by atoms with Crippen LogP contribution < -0.4 is 5.73 Å². The number of halogens is 1. The van der Waals surface area contributed by atoms with Crippen LogP contribution in [0.2, 0.25) is 5.02 Å². The zero-order chi connectivity index (χ0) is 13.1. The zero-order valence-corrected chi connectivity index (χ0v) is 11.3. The standard InChI is InChI=1S/C10H12ClN5OS/c1-18(17)6-5-16-10(13-14-15-16)9-7(11)3-2-4-8(9)12/h2-4H,5-6,12H2,1H3. The van der Waals surface area contributed by atoms with Gasteiger partial charge in [0.2, 0.25) is 0 Å². The highest BCUT2D eigenvalue weighted by molar-refractivity contribution is 7.84. The van der Waals surface area contributed by atoms with Crippen LogP contribution in [0.5, 0.6) is 0 Å². The van der Waals surface area contributed by atoms with Crippen LogP contribution in [0.1, 0.15) is 0 Å². The average molecular weight is 286 g/mol. The Bertz CT molecular complexity index is 565. The van der Waals surface area contributed by atoms with Crippen LogP contribution in [0.3, 0.4) is 0 Å². The van der Waals surface area contributed by atoms with E-state index in [1.807, 2.05) is 0 Å². The summed E-state index contributed by atoms with van der Waals surface area (Å²) in [5.74, 6) is 0.964. The summed E-state index contributed by atoms with van der Waals surface area (Å²) in [6, 6.07) is 5.22. The number of hydrogen-bond acceptors (Lipinski definition) is 5. The lowest BCUT2D eigenvalue weighted by atomic mass is 10.1. The van der Waals surface area contributed by atoms with Crippen molar-refractivity contribution in [2.75, 3.05) is 17.7 Å². The third kappa shape index (κ3) is 2.68. The Morgan fingerprint density at radius 2 is 2.28 bits per heavy atom. The number of aryl methyl sites for hydroxylation is 1. The molecule has 0 aliphatic rings. The Morgan fingerprint density at radius 1 is 1.50 bits per heavy atom. The van der Waals surface area contributed by atoms with Crippen molar-refractivity contribution in [2.45, 2.75) is 6.54 Å². The maximum atomic E-state index is 11.1. The van der Waals surface area contributed by atoms with E-state index in [9.17, 15) is 4.21 Å². The molecule has 0 spiro atoms. The second-order valence-electron chi connectivity index (χ2n) is 3.71. The molecule has 1 unspecified atom stereocenters. The van der Waals surface area contributed by atoms with E-state index in [0.29, 0.717) is 34.4 Å². The van der Waals surface area contributed by atoms with Gasteiger partial charge in [0.05, 0.1) is 17.1 Å². The van der Waals surface area contributed by atoms with Crippen molar-refractivity contribution in [3.05, 3.63) is 23.2 Å². The van der Waals surface area contributed by atoms with Crippen molar-refractivity contribution < 1.29 is 4.21 Å². The minimum atomic E-state index is -0.906. The van der Waals surface area contributed by atoms with Crippen LogP contribution in [0, 0.1) is 0 Å². The summed E-state index contributed by atoms with van der Waals surface area (Å²) >= 11 is 6.11. The lowest BCUT2D eigenvalue weighted by Crippen LogP contribution is -2.10. The van der Waals surface area contributed by atoms with Gasteiger partial charge in [0.15, 0.2) is 5.82 Å². The van der Waals surface area contributed by atoms with Gasteiger partial charge in [0, 0.05) is 28.5 Å². The molecular weight excluding hydrogens is 274 g/mol. The molecule has 2 aromatic rings. The van der Waals surface area contributed by atoms with Crippen molar-refractivity contribution in [1.82, 2.24) is 20.2 Å². The van der Waals surface area contributed by atoms with Gasteiger partial charge in [-0.25, -0.2) is 4.68 Å². The maximum Gasteiger partial charge on any atom is 0.185 e. The van der Waals surface area contributed by atoms with Gasteiger partial charge in [-0.2, -0.15) is 0 Å². The Kier molecular flexibility index (Phi) is 3.93. The number of hydrogen-bond donors (Lipinski definition) is 1. The molecule has 1 atom stereocenters. The smallest absolute Gasteiger partial charge is 0.185 e. The first-order valence-electron chi connectivity index (χ1n) is 5.20. The average Bonchev–Trinajstić information content (AvgIpc) is 2.74. The van der Waals surface area contributed by atoms with Crippen molar-refractivity contribution in [3.8, 4) is 11.4 Å². The molecule has 0 amide bonds. The SMILES string of the molecule is CS(=O)CCn1nnnc1-c1c(N)cccc1Cl. The Balaban J connectivity index is 2.39. The van der Waals surface area contributed by atoms with Crippen LogP contribution in [-0.4, -0.2) is 36.4 Å². The molecule has 0 bridgehead atoms. The van der Waals surface area contributed by atoms with Gasteiger partial charge < -0.3 is 5.73 Å². The van der Waals surface area contributed by atoms with Gasteiger partial charge in [-0.15, -0.1) is 5.10 Å². The van der Waals surface area contributed by atoms with E-state index in [1.54, 1.807) is 29.1 Å². The summed E-state index contributed by atoms with van der Waals surface area (Å²) in [6.07, 6.45) is 1.63. The number of nitrogens with zero attached hydrogens (tertiary/aromatic N) is 4. The summed E-state index contributed by atoms with van der Waals surface area (Å²) in [6.45, 7) is 0.454. The zero-order valence-electron chi connectivity index (χ0n) is 9.71. The molecule has 1 heterocycles. The van der Waals surface area contributed by atoms with Crippen LogP contribution >= 0.6 is 11.6 Å². The van der Waals surface area contributed by atoms with Crippen molar-refractivity contribution in [1.29, 1.82) is 0 Å². The van der Waals surface area contributed by atoms with Gasteiger partial charge in [0.1, 0.15) is 0 Å². The van der Waals surface area contributed by atoms with E-state index in [0.717, 1.165) is 0 Å². The minimum Gasteiger partial charge on any atom is -0.398 e. The van der Waals surface area contributed by atoms with E-state index in [-0.39, 0.29) is 0 Å². The molecule has 0 saturated carbocycles. The van der Waals surface area contributed by atoms with Crippen LogP contribution in [0.15, 0.2) is 18.2 Å². The van der Waals surface area contributed by atoms with E-state index in [1.165, 1.54) is 0 Å². The van der Waals surface area contributed by atoms with Crippen LogP contribution in [-0.2, 0) is 17.3 Å². The van der Waals surface area contributed by atoms with E-state index >= 15 is 0 Å². The van der Waals surface area contributed by atoms with E-state index < -0.39 is 10.8 Å². The number of benzene rings is 1. The fourth-order valence-electron chi connectivity index (χ4n) is 1.53. The first-order chi connectivity index (χ1) is 8.59. The van der Waals surface area contributed by atoms with E-state index in [4.69, 9.17) is 17.3 Å². The number of rotatable bonds is 4. The Morgan fingerprint density at radius 3 is 2.94 bits per heavy atom. The summed E-state index contributed by atoms with van der Waals surface area (Å²) in [4.78, 5) is 0. The van der Waals surface area contributed by atoms with Crippen molar-refractivity contribution in [2.24, 2.45) is 0 Å². The molecule has 1 aromatic carbocycles. The molecule has 2 rings (SSSR count). The highest BCUT2D eigenvalue weighted by atomic mass is 35.5. The normalized spacial score (nSPS) is 12.6. The molecule has 1 aromatic heterocycles. The fraction of sp³-hybridized carbons (Fsp3) is 0.300. The quantitative estimate of drug-likeness (QED) is 0.845. The molecule has 8 heteroatoms. The molecule has 0 fully saturated rings. The van der Waals surface area contributed by atoms with Gasteiger partial charge in [-0.05, 0) is 22.6 Å². The number of aromatic nitrogens is 4. The molecule has 96 valence electrons. The third-order valence-electron chi connectivity index (χ3n) is 2.39. The fourth-order valence-corrected chi connectivity index (χ4v) is 2.22. The van der Waals surface area contributed by atoms with Gasteiger partial charge in [0.25, 0.3) is 0 Å². The lowest BCUT2D eigenvalue weighted by Gasteiger charge is -2.07. The molecule has 2 N–H and O–H groups in total. The first-order valence-corrected chi connectivity index (χ1v) is 7.30. The molecular formula is C10H12ClN5OS. The highest BCUT2D eigenvalue weighted by Gasteiger charge is 2.15. The maximum absolute atomic E-state index is 11.1. The lowest BCUT2D eigenvalue weighted by molar-refractivity contribution is 0.625. The number of nitrogen functional groups attached to an aromatic ring is 1. The molecule has 0 aliphatic heterocycles. The monoisotopic (exact) mass is 285 g/mol. The van der Waals surface area contributed by atoms with Crippen molar-refractivity contribution in [3.63, 3.8) is 0 Å². The summed E-state index contributed by atoms with van der Waals surface area (Å²) in [5.41, 5.74) is 7.00. The highest BCUT2D eigenvalue weighted by Crippen LogP contribution is 2.31. The summed E-state index contributed by atoms with van der Waals surface area (Å²) in [7, 11) is -0.906. The Hall–Kier alpha value is -1.47. The number of anilines is 1. The molecule has 0 radical (unpaired) electrons. The van der Waals surface area contributed by atoms with Crippen molar-refractivity contribution >= 4 is 28.1 Å². The number of tetrazole rings is 1. The topological polar surface area (TPSA) is 86.7 Å². The van der Waals surface area contributed by atoms with Gasteiger partial charge in [-0.3, -0.25) is 4.21 Å². The summed E-state index contributed by atoms with van der Waals surface area (Å²) in [5, 5.41) is 11.9. The first kappa shape index (κ1) is 13.0. The van der Waals surface area contributed by atoms with Crippen LogP contribution in [0.25, 0.3) is 11.4 Å². The second-order valence-corrected chi connectivity index (χ2v) is 5.67. The second kappa shape index (κ2) is 5.45. The minimum absolute atomic E-state index is 0.454. The largest absolute Gasteiger partial charge is 0.398 e. The molecule has 18 heavy (non-hydrogen) atoms. The third-order valence-corrected chi connectivity index (χ3v) is 3.46.